The predicted molar refractivity (Wildman–Crippen MR) is 98.0 cm³/mol. The van der Waals surface area contributed by atoms with Crippen molar-refractivity contribution in [3.8, 4) is 5.88 Å². The van der Waals surface area contributed by atoms with Crippen molar-refractivity contribution in [3.63, 3.8) is 0 Å². The van der Waals surface area contributed by atoms with E-state index < -0.39 is 11.6 Å². The summed E-state index contributed by atoms with van der Waals surface area (Å²) in [6.45, 7) is 5.72. The van der Waals surface area contributed by atoms with Crippen LogP contribution in [0.5, 0.6) is 5.88 Å². The van der Waals surface area contributed by atoms with Crippen molar-refractivity contribution in [2.75, 3.05) is 7.05 Å². The van der Waals surface area contributed by atoms with Crippen molar-refractivity contribution >= 4 is 11.9 Å². The molecule has 0 bridgehead atoms. The van der Waals surface area contributed by atoms with Crippen LogP contribution < -0.4 is 10.1 Å². The van der Waals surface area contributed by atoms with Crippen molar-refractivity contribution in [1.82, 2.24) is 10.3 Å². The molecule has 1 heterocycles. The number of esters is 1. The summed E-state index contributed by atoms with van der Waals surface area (Å²) in [6.07, 6.45) is 1.72. The average molecular weight is 356 g/mol. The molecule has 1 aromatic heterocycles. The molecule has 6 heteroatoms. The van der Waals surface area contributed by atoms with Crippen LogP contribution in [-0.2, 0) is 22.6 Å². The molecule has 1 aromatic carbocycles. The van der Waals surface area contributed by atoms with Crippen molar-refractivity contribution in [3.05, 3.63) is 59.3 Å². The van der Waals surface area contributed by atoms with E-state index in [1.165, 1.54) is 6.20 Å². The van der Waals surface area contributed by atoms with E-state index in [0.29, 0.717) is 17.9 Å². The third-order valence-electron chi connectivity index (χ3n) is 3.49. The summed E-state index contributed by atoms with van der Waals surface area (Å²) in [5.41, 5.74) is 1.62. The maximum atomic E-state index is 12.0. The van der Waals surface area contributed by atoms with Gasteiger partial charge in [0.05, 0.1) is 12.0 Å². The van der Waals surface area contributed by atoms with Crippen molar-refractivity contribution in [1.29, 1.82) is 0 Å². The fourth-order valence-corrected chi connectivity index (χ4v) is 2.21. The van der Waals surface area contributed by atoms with Crippen molar-refractivity contribution in [2.45, 2.75) is 39.4 Å². The van der Waals surface area contributed by atoms with Crippen LogP contribution in [0, 0.1) is 0 Å². The highest BCUT2D eigenvalue weighted by Crippen LogP contribution is 2.16. The standard InChI is InChI=1S/C20H24N2O4/c1-20(2,3)26-19(24)15-9-10-18(22-12-15)25-13-16-8-6-5-7-14(16)11-17(23)21-4/h5-10,12H,11,13H2,1-4H3,(H,21,23). The molecule has 0 fully saturated rings. The highest BCUT2D eigenvalue weighted by molar-refractivity contribution is 5.89. The van der Waals surface area contributed by atoms with Gasteiger partial charge in [-0.2, -0.15) is 0 Å². The zero-order valence-corrected chi connectivity index (χ0v) is 15.5. The number of amides is 1. The Bertz CT molecular complexity index is 764. The first-order valence-electron chi connectivity index (χ1n) is 8.38. The van der Waals surface area contributed by atoms with Crippen LogP contribution in [0.4, 0.5) is 0 Å². The van der Waals surface area contributed by atoms with Gasteiger partial charge >= 0.3 is 5.97 Å². The van der Waals surface area contributed by atoms with Crippen LogP contribution in [0.25, 0.3) is 0 Å². The van der Waals surface area contributed by atoms with Crippen LogP contribution in [-0.4, -0.2) is 29.5 Å². The number of nitrogens with zero attached hydrogens (tertiary/aromatic N) is 1. The maximum absolute atomic E-state index is 12.0. The van der Waals surface area contributed by atoms with Gasteiger partial charge in [0.15, 0.2) is 0 Å². The van der Waals surface area contributed by atoms with E-state index in [1.54, 1.807) is 19.2 Å². The summed E-state index contributed by atoms with van der Waals surface area (Å²) in [5.74, 6) is -0.0863. The number of aromatic nitrogens is 1. The van der Waals surface area contributed by atoms with E-state index >= 15 is 0 Å². The molecule has 1 N–H and O–H groups in total. The second-order valence-electron chi connectivity index (χ2n) is 6.79. The summed E-state index contributed by atoms with van der Waals surface area (Å²) >= 11 is 0. The number of hydrogen-bond acceptors (Lipinski definition) is 5. The Kier molecular flexibility index (Phi) is 6.33. The average Bonchev–Trinajstić information content (AvgIpc) is 2.60. The molecule has 0 unspecified atom stereocenters. The topological polar surface area (TPSA) is 77.5 Å². The molecule has 6 nitrogen and oxygen atoms in total. The Morgan fingerprint density at radius 1 is 1.08 bits per heavy atom. The number of rotatable bonds is 6. The SMILES string of the molecule is CNC(=O)Cc1ccccc1COc1ccc(C(=O)OC(C)(C)C)cn1. The number of carbonyl (C=O) groups excluding carboxylic acids is 2. The molecule has 2 rings (SSSR count). The summed E-state index contributed by atoms with van der Waals surface area (Å²) in [7, 11) is 1.61. The molecular weight excluding hydrogens is 332 g/mol. The lowest BCUT2D eigenvalue weighted by Gasteiger charge is -2.19. The number of pyridine rings is 1. The molecule has 0 aliphatic heterocycles. The molecule has 0 aliphatic rings. The van der Waals surface area contributed by atoms with Crippen LogP contribution >= 0.6 is 0 Å². The number of nitrogens with one attached hydrogen (secondary N) is 1. The van der Waals surface area contributed by atoms with Crippen LogP contribution in [0.15, 0.2) is 42.6 Å². The smallest absolute Gasteiger partial charge is 0.340 e. The maximum Gasteiger partial charge on any atom is 0.340 e. The van der Waals surface area contributed by atoms with E-state index in [0.717, 1.165) is 11.1 Å². The molecule has 138 valence electrons. The van der Waals surface area contributed by atoms with E-state index in [9.17, 15) is 9.59 Å². The molecule has 0 atom stereocenters. The zero-order valence-electron chi connectivity index (χ0n) is 15.5. The van der Waals surface area contributed by atoms with Gasteiger partial charge in [-0.15, -0.1) is 0 Å². The minimum Gasteiger partial charge on any atom is -0.473 e. The first-order chi connectivity index (χ1) is 12.3. The number of likely N-dealkylation sites (N-methyl/N-ethyl adjacent to an activating group) is 1. The summed E-state index contributed by atoms with van der Waals surface area (Å²) in [5, 5.41) is 2.61. The monoisotopic (exact) mass is 356 g/mol. The van der Waals surface area contributed by atoms with Gasteiger partial charge in [-0.3, -0.25) is 4.79 Å². The fourth-order valence-electron chi connectivity index (χ4n) is 2.21. The lowest BCUT2D eigenvalue weighted by molar-refractivity contribution is -0.119. The minimum absolute atomic E-state index is 0.0581. The normalized spacial score (nSPS) is 10.9. The van der Waals surface area contributed by atoms with E-state index in [4.69, 9.17) is 9.47 Å². The third kappa shape index (κ3) is 5.88. The molecule has 0 saturated carbocycles. The quantitative estimate of drug-likeness (QED) is 0.805. The Morgan fingerprint density at radius 3 is 2.35 bits per heavy atom. The predicted octanol–water partition coefficient (Wildman–Crippen LogP) is 2.90. The van der Waals surface area contributed by atoms with Crippen LogP contribution in [0.3, 0.4) is 0 Å². The van der Waals surface area contributed by atoms with E-state index in [-0.39, 0.29) is 12.5 Å². The lowest BCUT2D eigenvalue weighted by atomic mass is 10.0. The van der Waals surface area contributed by atoms with Gasteiger partial charge in [0, 0.05) is 19.3 Å². The van der Waals surface area contributed by atoms with E-state index in [2.05, 4.69) is 10.3 Å². The Morgan fingerprint density at radius 2 is 1.77 bits per heavy atom. The number of hydrogen-bond donors (Lipinski definition) is 1. The van der Waals surface area contributed by atoms with Crippen LogP contribution in [0.2, 0.25) is 0 Å². The lowest BCUT2D eigenvalue weighted by Crippen LogP contribution is -2.23. The molecule has 2 aromatic rings. The largest absolute Gasteiger partial charge is 0.473 e. The number of carbonyl (C=O) groups is 2. The highest BCUT2D eigenvalue weighted by Gasteiger charge is 2.18. The van der Waals surface area contributed by atoms with Crippen molar-refractivity contribution < 1.29 is 19.1 Å². The molecule has 0 spiro atoms. The first kappa shape index (κ1) is 19.4. The second kappa shape index (κ2) is 8.47. The molecule has 26 heavy (non-hydrogen) atoms. The zero-order chi connectivity index (χ0) is 19.2. The summed E-state index contributed by atoms with van der Waals surface area (Å²) in [6, 6.07) is 10.8. The van der Waals surface area contributed by atoms with Gasteiger partial charge in [-0.25, -0.2) is 9.78 Å². The van der Waals surface area contributed by atoms with Gasteiger partial charge in [0.25, 0.3) is 0 Å². The first-order valence-corrected chi connectivity index (χ1v) is 8.38. The van der Waals surface area contributed by atoms with Gasteiger partial charge in [0.1, 0.15) is 12.2 Å². The van der Waals surface area contributed by atoms with Gasteiger partial charge in [-0.05, 0) is 38.0 Å². The van der Waals surface area contributed by atoms with Crippen LogP contribution in [0.1, 0.15) is 42.3 Å². The molecule has 0 aliphatic carbocycles. The number of ether oxygens (including phenoxy) is 2. The van der Waals surface area contributed by atoms with Gasteiger partial charge in [-0.1, -0.05) is 24.3 Å². The summed E-state index contributed by atoms with van der Waals surface area (Å²) < 4.78 is 11.0. The summed E-state index contributed by atoms with van der Waals surface area (Å²) in [4.78, 5) is 27.7. The van der Waals surface area contributed by atoms with Gasteiger partial charge < -0.3 is 14.8 Å². The number of benzene rings is 1. The molecule has 0 radical (unpaired) electrons. The molecule has 0 saturated heterocycles. The third-order valence-corrected chi connectivity index (χ3v) is 3.49. The molecular formula is C20H24N2O4. The Hall–Kier alpha value is -2.89. The van der Waals surface area contributed by atoms with Gasteiger partial charge in [0.2, 0.25) is 11.8 Å². The Labute approximate surface area is 153 Å². The highest BCUT2D eigenvalue weighted by atomic mass is 16.6. The van der Waals surface area contributed by atoms with E-state index in [1.807, 2.05) is 45.0 Å². The second-order valence-corrected chi connectivity index (χ2v) is 6.79. The van der Waals surface area contributed by atoms with Crippen molar-refractivity contribution in [2.24, 2.45) is 0 Å². The minimum atomic E-state index is -0.555. The molecule has 1 amide bonds. The fraction of sp³-hybridized carbons (Fsp3) is 0.350. The Balaban J connectivity index is 2.00.